The third-order valence-corrected chi connectivity index (χ3v) is 18.6. The minimum absolute atomic E-state index is 0.0856. The number of nitrogens with zero attached hydrogens (tertiary/aromatic N) is 4. The molecule has 4 bridgehead atoms. The van der Waals surface area contributed by atoms with Crippen LogP contribution in [0.15, 0.2) is 77.9 Å². The van der Waals surface area contributed by atoms with Crippen molar-refractivity contribution in [3.05, 3.63) is 101 Å². The number of H-pyrrole nitrogens is 2. The number of ether oxygens (including phenoxy) is 2. The molecule has 2 aromatic heterocycles. The van der Waals surface area contributed by atoms with E-state index in [1.54, 1.807) is 27.7 Å². The summed E-state index contributed by atoms with van der Waals surface area (Å²) in [5.41, 5.74) is 9.23. The third-order valence-electron chi connectivity index (χ3n) is 18.6. The SMILES string of the molecule is CC(C)C(NC(=O)OCC(F)(F)F)C(=O)N1C(c2nc3ccc(C4=CC5CC=C4CCC4=CC(c6ccc7nc(C8CC9CCCCC9N8C(=O)C(NC(=O)OCC(F)(F)F)C(C)C)[nH]c7c6)C(C=C4)CC5)cc3[nH]2)CC2CCCCC21. The number of alkyl carbamates (subject to hydrolysis) is 2. The summed E-state index contributed by atoms with van der Waals surface area (Å²) in [5, 5.41) is 4.91. The number of carbonyl (C=O) groups is 4. The predicted octanol–water partition coefficient (Wildman–Crippen LogP) is 13.5. The van der Waals surface area contributed by atoms with Gasteiger partial charge in [-0.3, -0.25) is 9.59 Å². The van der Waals surface area contributed by atoms with Crippen LogP contribution in [0.4, 0.5) is 35.9 Å². The van der Waals surface area contributed by atoms with Crippen LogP contribution in [-0.2, 0) is 19.1 Å². The van der Waals surface area contributed by atoms with Crippen LogP contribution in [0.5, 0.6) is 0 Å². The number of imidazole rings is 2. The molecule has 20 heteroatoms. The molecule has 440 valence electrons. The number of amides is 4. The van der Waals surface area contributed by atoms with Gasteiger partial charge in [0.2, 0.25) is 11.8 Å². The molecule has 4 aromatic rings. The minimum atomic E-state index is -4.70. The number of fused-ring (bicyclic) bond motifs is 4. The van der Waals surface area contributed by atoms with E-state index >= 15 is 0 Å². The van der Waals surface area contributed by atoms with E-state index in [0.29, 0.717) is 30.4 Å². The number of aromatic nitrogens is 4. The van der Waals surface area contributed by atoms with E-state index in [0.717, 1.165) is 111 Å². The number of nitrogens with one attached hydrogen (secondary N) is 4. The Morgan fingerprint density at radius 1 is 0.671 bits per heavy atom. The maximum atomic E-state index is 14.6. The van der Waals surface area contributed by atoms with E-state index in [9.17, 15) is 45.5 Å². The highest BCUT2D eigenvalue weighted by Crippen LogP contribution is 2.49. The van der Waals surface area contributed by atoms with Gasteiger partial charge in [0.05, 0.1) is 34.2 Å². The van der Waals surface area contributed by atoms with Gasteiger partial charge in [0.1, 0.15) is 23.7 Å². The minimum Gasteiger partial charge on any atom is -0.440 e. The van der Waals surface area contributed by atoms with Gasteiger partial charge in [0.25, 0.3) is 0 Å². The van der Waals surface area contributed by atoms with Crippen LogP contribution in [-0.4, -0.2) is 103 Å². The molecule has 82 heavy (non-hydrogen) atoms. The number of likely N-dealkylation sites (tertiary alicyclic amines) is 2. The third kappa shape index (κ3) is 12.2. The first-order valence-corrected chi connectivity index (χ1v) is 29.6. The summed E-state index contributed by atoms with van der Waals surface area (Å²) >= 11 is 0. The lowest BCUT2D eigenvalue weighted by atomic mass is 9.74. The summed E-state index contributed by atoms with van der Waals surface area (Å²) < 4.78 is 86.5. The number of allylic oxidation sites excluding steroid dienone is 8. The topological polar surface area (TPSA) is 175 Å². The number of hydrogen-bond donors (Lipinski definition) is 4. The van der Waals surface area contributed by atoms with Gasteiger partial charge in [0, 0.05) is 18.0 Å². The second-order valence-corrected chi connectivity index (χ2v) is 24.8. The molecule has 14 nitrogen and oxygen atoms in total. The van der Waals surface area contributed by atoms with Crippen LogP contribution in [0.1, 0.15) is 165 Å². The van der Waals surface area contributed by atoms with Gasteiger partial charge in [-0.25, -0.2) is 19.6 Å². The van der Waals surface area contributed by atoms with E-state index in [-0.39, 0.29) is 47.6 Å². The van der Waals surface area contributed by atoms with Crippen molar-refractivity contribution in [2.75, 3.05) is 13.2 Å². The summed E-state index contributed by atoms with van der Waals surface area (Å²) in [6, 6.07) is 9.53. The van der Waals surface area contributed by atoms with Crippen LogP contribution in [0, 0.1) is 35.5 Å². The first kappa shape index (κ1) is 57.2. The Labute approximate surface area is 473 Å². The molecular formula is C62H74F6N8O6. The maximum absolute atomic E-state index is 14.6. The fourth-order valence-corrected chi connectivity index (χ4v) is 14.6. The zero-order chi connectivity index (χ0) is 57.8. The van der Waals surface area contributed by atoms with Crippen LogP contribution < -0.4 is 10.6 Å². The number of carbonyl (C=O) groups excluding carboxylic acids is 4. The summed E-state index contributed by atoms with van der Waals surface area (Å²) in [5.74, 6) is 0.871. The highest BCUT2D eigenvalue weighted by molar-refractivity contribution is 5.89. The van der Waals surface area contributed by atoms with Crippen LogP contribution in [0.3, 0.4) is 0 Å². The molecule has 4 N–H and O–H groups in total. The number of aromatic amines is 2. The lowest BCUT2D eigenvalue weighted by molar-refractivity contribution is -0.161. The highest BCUT2D eigenvalue weighted by Gasteiger charge is 2.50. The number of benzene rings is 2. The highest BCUT2D eigenvalue weighted by atomic mass is 19.4. The molecule has 8 aliphatic carbocycles. The number of rotatable bonds is 12. The molecule has 0 radical (unpaired) electrons. The van der Waals surface area contributed by atoms with Crippen LogP contribution in [0.25, 0.3) is 27.6 Å². The molecule has 2 aromatic carbocycles. The Hall–Kier alpha value is -6.60. The lowest BCUT2D eigenvalue weighted by Gasteiger charge is -2.36. The van der Waals surface area contributed by atoms with Crippen LogP contribution >= 0.6 is 0 Å². The van der Waals surface area contributed by atoms with E-state index < -0.39 is 73.8 Å². The van der Waals surface area contributed by atoms with Crippen molar-refractivity contribution in [3.8, 4) is 0 Å². The molecule has 14 rings (SSSR count). The summed E-state index contributed by atoms with van der Waals surface area (Å²) in [7, 11) is 0. The average Bonchev–Trinajstić information content (AvgIpc) is 4.14. The van der Waals surface area contributed by atoms with Crippen molar-refractivity contribution in [1.82, 2.24) is 40.4 Å². The Balaban J connectivity index is 0.804. The fraction of sp³-hybridized carbons (Fsp3) is 0.581. The second kappa shape index (κ2) is 23.2. The Bertz CT molecular complexity index is 3190. The van der Waals surface area contributed by atoms with Gasteiger partial charge < -0.3 is 39.9 Å². The first-order chi connectivity index (χ1) is 39.1. The largest absolute Gasteiger partial charge is 0.440 e. The molecule has 10 aliphatic rings. The zero-order valence-electron chi connectivity index (χ0n) is 46.9. The Kier molecular flexibility index (Phi) is 16.2. The molecule has 4 fully saturated rings. The molecule has 4 amide bonds. The first-order valence-electron chi connectivity index (χ1n) is 29.6. The number of alkyl halides is 6. The second-order valence-electron chi connectivity index (χ2n) is 24.8. The lowest BCUT2D eigenvalue weighted by Crippen LogP contribution is -2.54. The van der Waals surface area contributed by atoms with Gasteiger partial charge in [-0.15, -0.1) is 0 Å². The molecule has 11 unspecified atom stereocenters. The maximum Gasteiger partial charge on any atom is 0.422 e. The van der Waals surface area contributed by atoms with E-state index in [4.69, 9.17) is 9.97 Å². The van der Waals surface area contributed by atoms with Crippen LogP contribution in [0.2, 0.25) is 0 Å². The van der Waals surface area contributed by atoms with Gasteiger partial charge in [-0.2, -0.15) is 26.3 Å². The van der Waals surface area contributed by atoms with Crippen molar-refractivity contribution in [1.29, 1.82) is 0 Å². The smallest absolute Gasteiger partial charge is 0.422 e. The monoisotopic (exact) mass is 1140 g/mol. The fourth-order valence-electron chi connectivity index (χ4n) is 14.6. The molecule has 4 heterocycles. The predicted molar refractivity (Wildman–Crippen MR) is 297 cm³/mol. The summed E-state index contributed by atoms with van der Waals surface area (Å²) in [6.45, 7) is 3.52. The molecule has 2 saturated heterocycles. The number of halogens is 6. The molecule has 2 saturated carbocycles. The Morgan fingerprint density at radius 3 is 1.76 bits per heavy atom. The zero-order valence-corrected chi connectivity index (χ0v) is 46.9. The van der Waals surface area contributed by atoms with Gasteiger partial charge in [0.15, 0.2) is 13.2 Å². The van der Waals surface area contributed by atoms with Gasteiger partial charge in [-0.05, 0) is 153 Å². The number of hydrogen-bond acceptors (Lipinski definition) is 8. The van der Waals surface area contributed by atoms with Gasteiger partial charge in [-0.1, -0.05) is 101 Å². The van der Waals surface area contributed by atoms with Crippen molar-refractivity contribution >= 4 is 51.6 Å². The molecular weight excluding hydrogens is 1070 g/mol. The standard InChI is InChI=1S/C62H74F6N8O6/c1-33(2)53(73-59(79)81-31-61(63,64)65)57(77)75-49-11-7-5-9-41(49)29-51(75)55-69-45-23-21-39(27-47(45)71-55)43-25-35-13-17-37(43)19-15-36-14-18-38(20-16-35)44(26-36)40-22-24-46-48(28-40)72-56(70-46)52-30-42-10-6-8-12-50(42)76(52)58(78)54(34(3)4)74-60(80)82-32-62(66,67)68/h13,17-18,21-28,33-34,36-37,41-43,49-54H,5-12,14-16,19-20,29-32H2,1-4H3,(H,69,71)(H,70,72)(H,73,79)(H,74,80). The van der Waals surface area contributed by atoms with Crippen molar-refractivity contribution in [2.24, 2.45) is 35.5 Å². The van der Waals surface area contributed by atoms with Crippen molar-refractivity contribution in [2.45, 2.75) is 179 Å². The van der Waals surface area contributed by atoms with Gasteiger partial charge >= 0.3 is 24.5 Å². The van der Waals surface area contributed by atoms with E-state index in [1.165, 1.54) is 22.3 Å². The summed E-state index contributed by atoms with van der Waals surface area (Å²) in [6.07, 6.45) is 13.3. The van der Waals surface area contributed by atoms with Crippen molar-refractivity contribution in [3.63, 3.8) is 0 Å². The normalized spacial score (nSPS) is 27.3. The van der Waals surface area contributed by atoms with E-state index in [2.05, 4.69) is 84.7 Å². The average molecular weight is 1140 g/mol. The summed E-state index contributed by atoms with van der Waals surface area (Å²) in [4.78, 5) is 75.4. The Morgan fingerprint density at radius 2 is 1.21 bits per heavy atom. The molecule has 11 atom stereocenters. The van der Waals surface area contributed by atoms with E-state index in [1.807, 2.05) is 21.9 Å². The quantitative estimate of drug-likeness (QED) is 0.101. The molecule has 2 aliphatic heterocycles. The molecule has 0 spiro atoms. The van der Waals surface area contributed by atoms with Crippen molar-refractivity contribution < 1.29 is 55.0 Å².